The first-order valence-corrected chi connectivity index (χ1v) is 11.6. The molecule has 0 aliphatic carbocycles. The lowest BCUT2D eigenvalue weighted by Crippen LogP contribution is -2.34. The largest absolute Gasteiger partial charge is 0.493 e. The van der Waals surface area contributed by atoms with E-state index in [1.165, 1.54) is 21.3 Å². The summed E-state index contributed by atoms with van der Waals surface area (Å²) in [6, 6.07) is 1.58. The van der Waals surface area contributed by atoms with Crippen molar-refractivity contribution in [1.29, 1.82) is 0 Å². The average molecular weight is 493 g/mol. The molecule has 0 aromatic heterocycles. The number of carbonyl (C=O) groups is 1. The van der Waals surface area contributed by atoms with Crippen molar-refractivity contribution in [3.8, 4) is 17.2 Å². The molecule has 5 atom stereocenters. The van der Waals surface area contributed by atoms with E-state index in [0.717, 1.165) is 0 Å². The molecule has 9 heteroatoms. The standard InChI is InChI=1S/C26H36O9/c1-15-11-12-18(27)24-19(34-26(3,4)35-24)10-8-9-17-22(25(28)33-16(15)2)20(32-14-29-5)13-21(30-6)23(17)31-7/h8-9,11-13,15-16,18-19,24,27H,10,14H2,1-7H3/b9-8?,12-11-/t15-,16+,18?,19+,24-/m1/s1. The zero-order valence-electron chi connectivity index (χ0n) is 21.4. The van der Waals surface area contributed by atoms with Gasteiger partial charge < -0.3 is 38.3 Å². The summed E-state index contributed by atoms with van der Waals surface area (Å²) in [5, 5.41) is 10.8. The summed E-state index contributed by atoms with van der Waals surface area (Å²) < 4.78 is 39.8. The van der Waals surface area contributed by atoms with Crippen LogP contribution in [0.1, 0.15) is 50.0 Å². The van der Waals surface area contributed by atoms with Gasteiger partial charge in [0.2, 0.25) is 0 Å². The van der Waals surface area contributed by atoms with Gasteiger partial charge in [-0.05, 0) is 27.2 Å². The molecule has 9 nitrogen and oxygen atoms in total. The summed E-state index contributed by atoms with van der Waals surface area (Å²) in [6.07, 6.45) is 5.11. The van der Waals surface area contributed by atoms with Gasteiger partial charge in [0.15, 0.2) is 24.1 Å². The van der Waals surface area contributed by atoms with Crippen molar-refractivity contribution in [2.45, 2.75) is 64.3 Å². The van der Waals surface area contributed by atoms with Gasteiger partial charge in [-0.15, -0.1) is 0 Å². The average Bonchev–Trinajstić information content (AvgIpc) is 3.13. The van der Waals surface area contributed by atoms with Crippen LogP contribution in [0, 0.1) is 5.92 Å². The summed E-state index contributed by atoms with van der Waals surface area (Å²) in [5.74, 6) is -0.631. The number of aliphatic hydroxyl groups excluding tert-OH is 1. The van der Waals surface area contributed by atoms with Crippen molar-refractivity contribution in [2.24, 2.45) is 5.92 Å². The number of fused-ring (bicyclic) bond motifs is 2. The summed E-state index contributed by atoms with van der Waals surface area (Å²) >= 11 is 0. The summed E-state index contributed by atoms with van der Waals surface area (Å²) in [7, 11) is 4.49. The van der Waals surface area contributed by atoms with Crippen LogP contribution in [-0.2, 0) is 18.9 Å². The second-order valence-corrected chi connectivity index (χ2v) is 9.07. The Morgan fingerprint density at radius 1 is 1.09 bits per heavy atom. The Morgan fingerprint density at radius 3 is 2.49 bits per heavy atom. The van der Waals surface area contributed by atoms with Gasteiger partial charge in [-0.2, -0.15) is 0 Å². The number of hydrogen-bond donors (Lipinski definition) is 1. The first-order chi connectivity index (χ1) is 16.6. The third-order valence-electron chi connectivity index (χ3n) is 6.06. The van der Waals surface area contributed by atoms with Crippen molar-refractivity contribution in [1.82, 2.24) is 0 Å². The van der Waals surface area contributed by atoms with E-state index in [1.807, 2.05) is 32.9 Å². The molecule has 0 saturated carbocycles. The zero-order chi connectivity index (χ0) is 25.8. The molecule has 0 spiro atoms. The normalized spacial score (nSPS) is 29.4. The Bertz CT molecular complexity index is 953. The van der Waals surface area contributed by atoms with Crippen LogP contribution in [0.5, 0.6) is 17.2 Å². The quantitative estimate of drug-likeness (QED) is 0.374. The van der Waals surface area contributed by atoms with Gasteiger partial charge in [-0.1, -0.05) is 31.2 Å². The van der Waals surface area contributed by atoms with Gasteiger partial charge in [0.1, 0.15) is 29.6 Å². The van der Waals surface area contributed by atoms with E-state index >= 15 is 0 Å². The number of benzene rings is 1. The Hall–Kier alpha value is -2.59. The molecule has 1 saturated heterocycles. The molecule has 35 heavy (non-hydrogen) atoms. The number of rotatable bonds is 5. The van der Waals surface area contributed by atoms with Crippen LogP contribution in [-0.4, -0.2) is 69.4 Å². The lowest BCUT2D eigenvalue weighted by Gasteiger charge is -2.23. The Morgan fingerprint density at radius 2 is 1.83 bits per heavy atom. The maximum absolute atomic E-state index is 13.4. The summed E-state index contributed by atoms with van der Waals surface area (Å²) in [5.41, 5.74) is 0.627. The fraction of sp³-hybridized carbons (Fsp3) is 0.577. The monoisotopic (exact) mass is 492 g/mol. The SMILES string of the molecule is COCOc1cc(OC)c(OC)c2c1C(=O)O[C@@H](C)[C@H](C)/C=C\C(O)[C@H]1OC(C)(C)O[C@H]1CC=C2. The smallest absolute Gasteiger partial charge is 0.342 e. The van der Waals surface area contributed by atoms with Crippen molar-refractivity contribution >= 4 is 12.0 Å². The highest BCUT2D eigenvalue weighted by atomic mass is 16.8. The lowest BCUT2D eigenvalue weighted by atomic mass is 9.98. The maximum atomic E-state index is 13.4. The molecule has 2 heterocycles. The topological polar surface area (TPSA) is 102 Å². The number of esters is 1. The Labute approximate surface area is 206 Å². The van der Waals surface area contributed by atoms with Crippen molar-refractivity contribution in [3.63, 3.8) is 0 Å². The molecule has 2 aliphatic heterocycles. The first-order valence-electron chi connectivity index (χ1n) is 11.6. The molecule has 2 aliphatic rings. The number of carbonyl (C=O) groups excluding carboxylic acids is 1. The predicted molar refractivity (Wildman–Crippen MR) is 129 cm³/mol. The highest BCUT2D eigenvalue weighted by molar-refractivity contribution is 5.99. The number of methoxy groups -OCH3 is 3. The van der Waals surface area contributed by atoms with Crippen molar-refractivity contribution in [2.75, 3.05) is 28.1 Å². The van der Waals surface area contributed by atoms with Crippen molar-refractivity contribution < 1.29 is 43.1 Å². The minimum atomic E-state index is -0.889. The van der Waals surface area contributed by atoms with Gasteiger partial charge in [0, 0.05) is 24.7 Å². The molecule has 194 valence electrons. The fourth-order valence-electron chi connectivity index (χ4n) is 4.15. The minimum absolute atomic E-state index is 0.0739. The molecule has 3 rings (SSSR count). The van der Waals surface area contributed by atoms with Crippen molar-refractivity contribution in [3.05, 3.63) is 35.4 Å². The second kappa shape index (κ2) is 11.4. The molecular formula is C26H36O9. The van der Waals surface area contributed by atoms with E-state index in [-0.39, 0.29) is 24.0 Å². The third kappa shape index (κ3) is 6.16. The van der Waals surface area contributed by atoms with Gasteiger partial charge in [-0.25, -0.2) is 4.79 Å². The van der Waals surface area contributed by atoms with Crippen LogP contribution in [0.3, 0.4) is 0 Å². The van der Waals surface area contributed by atoms with Crippen LogP contribution in [0.15, 0.2) is 24.3 Å². The van der Waals surface area contributed by atoms with Gasteiger partial charge in [-0.3, -0.25) is 0 Å². The van der Waals surface area contributed by atoms with Gasteiger partial charge in [0.05, 0.1) is 20.3 Å². The number of aliphatic hydroxyl groups is 1. The molecule has 1 aromatic rings. The highest BCUT2D eigenvalue weighted by Crippen LogP contribution is 2.42. The van der Waals surface area contributed by atoms with Gasteiger partial charge in [0.25, 0.3) is 0 Å². The van der Waals surface area contributed by atoms with Crippen LogP contribution >= 0.6 is 0 Å². The molecule has 1 aromatic carbocycles. The van der Waals surface area contributed by atoms with Crippen LogP contribution in [0.25, 0.3) is 6.08 Å². The van der Waals surface area contributed by atoms with E-state index < -0.39 is 36.2 Å². The van der Waals surface area contributed by atoms with Crippen LogP contribution < -0.4 is 14.2 Å². The molecule has 0 radical (unpaired) electrons. The summed E-state index contributed by atoms with van der Waals surface area (Å²) in [4.78, 5) is 13.4. The van der Waals surface area contributed by atoms with E-state index in [2.05, 4.69) is 0 Å². The molecule has 0 amide bonds. The van der Waals surface area contributed by atoms with E-state index in [1.54, 1.807) is 25.1 Å². The second-order valence-electron chi connectivity index (χ2n) is 9.07. The van der Waals surface area contributed by atoms with E-state index in [9.17, 15) is 9.90 Å². The predicted octanol–water partition coefficient (Wildman–Crippen LogP) is 3.72. The molecule has 0 bridgehead atoms. The minimum Gasteiger partial charge on any atom is -0.493 e. The number of cyclic esters (lactones) is 1. The molecule has 1 N–H and O–H groups in total. The van der Waals surface area contributed by atoms with Crippen LogP contribution in [0.2, 0.25) is 0 Å². The highest BCUT2D eigenvalue weighted by Gasteiger charge is 2.43. The molecule has 1 unspecified atom stereocenters. The lowest BCUT2D eigenvalue weighted by molar-refractivity contribution is -0.152. The van der Waals surface area contributed by atoms with Gasteiger partial charge >= 0.3 is 5.97 Å². The number of hydrogen-bond acceptors (Lipinski definition) is 9. The van der Waals surface area contributed by atoms with E-state index in [4.69, 9.17) is 33.2 Å². The third-order valence-corrected chi connectivity index (χ3v) is 6.06. The molecule has 1 fully saturated rings. The maximum Gasteiger partial charge on any atom is 0.342 e. The summed E-state index contributed by atoms with van der Waals surface area (Å²) in [6.45, 7) is 7.24. The molecular weight excluding hydrogens is 456 g/mol. The Balaban J connectivity index is 2.15. The Kier molecular flexibility index (Phi) is 8.82. The zero-order valence-corrected chi connectivity index (χ0v) is 21.4. The van der Waals surface area contributed by atoms with E-state index in [0.29, 0.717) is 23.5 Å². The number of ether oxygens (including phenoxy) is 7. The van der Waals surface area contributed by atoms with Crippen LogP contribution in [0.4, 0.5) is 0 Å². The fourth-order valence-corrected chi connectivity index (χ4v) is 4.15. The first kappa shape index (κ1) is 27.0.